The molecule has 0 atom stereocenters. The molecule has 90 valence electrons. The zero-order valence-corrected chi connectivity index (χ0v) is 10.9. The lowest BCUT2D eigenvalue weighted by molar-refractivity contribution is 0.608. The SMILES string of the molecule is CCCCn1cnc2c(Cl)cc(Cl)cc2c1=O. The molecule has 2 rings (SSSR count). The highest BCUT2D eigenvalue weighted by atomic mass is 35.5. The molecule has 0 amide bonds. The monoisotopic (exact) mass is 270 g/mol. The average molecular weight is 271 g/mol. The highest BCUT2D eigenvalue weighted by Crippen LogP contribution is 2.23. The molecular weight excluding hydrogens is 259 g/mol. The number of fused-ring (bicyclic) bond motifs is 1. The second-order valence-electron chi connectivity index (χ2n) is 3.88. The van der Waals surface area contributed by atoms with Crippen molar-refractivity contribution in [2.45, 2.75) is 26.3 Å². The zero-order valence-electron chi connectivity index (χ0n) is 9.41. The van der Waals surface area contributed by atoms with Gasteiger partial charge in [0.2, 0.25) is 0 Å². The van der Waals surface area contributed by atoms with Crippen molar-refractivity contribution in [3.8, 4) is 0 Å². The Bertz CT molecular complexity index is 607. The van der Waals surface area contributed by atoms with Crippen molar-refractivity contribution in [3.05, 3.63) is 38.9 Å². The van der Waals surface area contributed by atoms with E-state index in [4.69, 9.17) is 23.2 Å². The first-order valence-corrected chi connectivity index (χ1v) is 6.23. The number of aromatic nitrogens is 2. The van der Waals surface area contributed by atoms with Crippen molar-refractivity contribution in [1.29, 1.82) is 0 Å². The highest BCUT2D eigenvalue weighted by Gasteiger charge is 2.08. The number of unbranched alkanes of at least 4 members (excludes halogenated alkanes) is 1. The number of hydrogen-bond acceptors (Lipinski definition) is 2. The Morgan fingerprint density at radius 2 is 2.12 bits per heavy atom. The maximum atomic E-state index is 12.1. The van der Waals surface area contributed by atoms with Crippen LogP contribution in [-0.2, 0) is 6.54 Å². The van der Waals surface area contributed by atoms with Crippen LogP contribution in [0.1, 0.15) is 19.8 Å². The summed E-state index contributed by atoms with van der Waals surface area (Å²) in [4.78, 5) is 16.4. The largest absolute Gasteiger partial charge is 0.299 e. The molecule has 0 aliphatic rings. The first-order valence-electron chi connectivity index (χ1n) is 5.47. The first-order chi connectivity index (χ1) is 8.13. The smallest absolute Gasteiger partial charge is 0.261 e. The standard InChI is InChI=1S/C12H12Cl2N2O/c1-2-3-4-16-7-15-11-9(12(16)17)5-8(13)6-10(11)14/h5-7H,2-4H2,1H3. The highest BCUT2D eigenvalue weighted by molar-refractivity contribution is 6.38. The lowest BCUT2D eigenvalue weighted by atomic mass is 10.2. The summed E-state index contributed by atoms with van der Waals surface area (Å²) in [7, 11) is 0. The van der Waals surface area contributed by atoms with E-state index in [9.17, 15) is 4.79 Å². The number of benzene rings is 1. The Hall–Kier alpha value is -1.06. The Morgan fingerprint density at radius 3 is 2.82 bits per heavy atom. The van der Waals surface area contributed by atoms with Crippen molar-refractivity contribution in [3.63, 3.8) is 0 Å². The average Bonchev–Trinajstić information content (AvgIpc) is 2.29. The number of nitrogens with zero attached hydrogens (tertiary/aromatic N) is 2. The predicted molar refractivity (Wildman–Crippen MR) is 70.9 cm³/mol. The van der Waals surface area contributed by atoms with Crippen LogP contribution in [-0.4, -0.2) is 9.55 Å². The van der Waals surface area contributed by atoms with Gasteiger partial charge in [-0.3, -0.25) is 9.36 Å². The summed E-state index contributed by atoms with van der Waals surface area (Å²) in [6.45, 7) is 2.75. The van der Waals surface area contributed by atoms with E-state index in [0.717, 1.165) is 12.8 Å². The van der Waals surface area contributed by atoms with Gasteiger partial charge in [0.15, 0.2) is 0 Å². The van der Waals surface area contributed by atoms with Crippen molar-refractivity contribution >= 4 is 34.1 Å². The van der Waals surface area contributed by atoms with Gasteiger partial charge in [0.1, 0.15) is 0 Å². The summed E-state index contributed by atoms with van der Waals surface area (Å²) in [5.41, 5.74) is 0.418. The minimum absolute atomic E-state index is 0.0900. The third-order valence-corrected chi connectivity index (χ3v) is 3.10. The Labute approximate surface area is 109 Å². The minimum atomic E-state index is -0.0900. The molecule has 5 heteroatoms. The molecule has 0 aliphatic carbocycles. The van der Waals surface area contributed by atoms with Crippen LogP contribution in [0.5, 0.6) is 0 Å². The normalized spacial score (nSPS) is 11.0. The van der Waals surface area contributed by atoms with Crippen LogP contribution in [0, 0.1) is 0 Å². The van der Waals surface area contributed by atoms with E-state index in [1.165, 1.54) is 0 Å². The maximum absolute atomic E-state index is 12.1. The second kappa shape index (κ2) is 5.07. The number of hydrogen-bond donors (Lipinski definition) is 0. The molecule has 17 heavy (non-hydrogen) atoms. The Balaban J connectivity index is 2.62. The Kier molecular flexibility index (Phi) is 3.69. The number of rotatable bonds is 3. The summed E-state index contributed by atoms with van der Waals surface area (Å²) in [5, 5.41) is 1.34. The van der Waals surface area contributed by atoms with Gasteiger partial charge in [-0.25, -0.2) is 4.98 Å². The van der Waals surface area contributed by atoms with E-state index >= 15 is 0 Å². The predicted octanol–water partition coefficient (Wildman–Crippen LogP) is 3.50. The second-order valence-corrected chi connectivity index (χ2v) is 4.72. The van der Waals surface area contributed by atoms with Gasteiger partial charge in [-0.15, -0.1) is 0 Å². The van der Waals surface area contributed by atoms with Gasteiger partial charge in [0.05, 0.1) is 22.3 Å². The summed E-state index contributed by atoms with van der Waals surface area (Å²) in [5.74, 6) is 0. The fourth-order valence-corrected chi connectivity index (χ4v) is 2.22. The summed E-state index contributed by atoms with van der Waals surface area (Å²) in [6.07, 6.45) is 3.52. The fraction of sp³-hybridized carbons (Fsp3) is 0.333. The van der Waals surface area contributed by atoms with Crippen molar-refractivity contribution in [1.82, 2.24) is 9.55 Å². The van der Waals surface area contributed by atoms with Gasteiger partial charge >= 0.3 is 0 Å². The van der Waals surface area contributed by atoms with Crippen LogP contribution < -0.4 is 5.56 Å². The molecule has 0 bridgehead atoms. The van der Waals surface area contributed by atoms with E-state index in [1.54, 1.807) is 23.0 Å². The molecule has 0 radical (unpaired) electrons. The quantitative estimate of drug-likeness (QED) is 0.856. The van der Waals surface area contributed by atoms with Gasteiger partial charge in [-0.2, -0.15) is 0 Å². The minimum Gasteiger partial charge on any atom is -0.299 e. The maximum Gasteiger partial charge on any atom is 0.261 e. The molecule has 0 saturated heterocycles. The lowest BCUT2D eigenvalue weighted by Gasteiger charge is -2.06. The van der Waals surface area contributed by atoms with Crippen LogP contribution in [0.4, 0.5) is 0 Å². The summed E-state index contributed by atoms with van der Waals surface area (Å²) < 4.78 is 1.60. The molecule has 3 nitrogen and oxygen atoms in total. The van der Waals surface area contributed by atoms with E-state index in [1.807, 2.05) is 0 Å². The van der Waals surface area contributed by atoms with Gasteiger partial charge in [0.25, 0.3) is 5.56 Å². The third kappa shape index (κ3) is 2.45. The molecule has 0 aliphatic heterocycles. The van der Waals surface area contributed by atoms with Crippen LogP contribution in [0.25, 0.3) is 10.9 Å². The van der Waals surface area contributed by atoms with Crippen molar-refractivity contribution < 1.29 is 0 Å². The topological polar surface area (TPSA) is 34.9 Å². The molecule has 1 aromatic heterocycles. The van der Waals surface area contributed by atoms with Crippen LogP contribution >= 0.6 is 23.2 Å². The molecule has 1 heterocycles. The molecular formula is C12H12Cl2N2O. The van der Waals surface area contributed by atoms with Gasteiger partial charge in [-0.05, 0) is 18.6 Å². The lowest BCUT2D eigenvalue weighted by Crippen LogP contribution is -2.20. The van der Waals surface area contributed by atoms with E-state index < -0.39 is 0 Å². The molecule has 0 fully saturated rings. The van der Waals surface area contributed by atoms with Crippen LogP contribution in [0.15, 0.2) is 23.3 Å². The van der Waals surface area contributed by atoms with Crippen molar-refractivity contribution in [2.75, 3.05) is 0 Å². The molecule has 0 unspecified atom stereocenters. The van der Waals surface area contributed by atoms with Gasteiger partial charge in [-0.1, -0.05) is 36.5 Å². The van der Waals surface area contributed by atoms with Gasteiger partial charge < -0.3 is 0 Å². The molecule has 0 saturated carbocycles. The van der Waals surface area contributed by atoms with Gasteiger partial charge in [0, 0.05) is 11.6 Å². The molecule has 2 aromatic rings. The van der Waals surface area contributed by atoms with E-state index in [0.29, 0.717) is 27.5 Å². The van der Waals surface area contributed by atoms with Crippen LogP contribution in [0.2, 0.25) is 10.0 Å². The Morgan fingerprint density at radius 1 is 1.35 bits per heavy atom. The zero-order chi connectivity index (χ0) is 12.4. The van der Waals surface area contributed by atoms with E-state index in [2.05, 4.69) is 11.9 Å². The fourth-order valence-electron chi connectivity index (χ4n) is 1.68. The van der Waals surface area contributed by atoms with Crippen molar-refractivity contribution in [2.24, 2.45) is 0 Å². The molecule has 0 spiro atoms. The number of aryl methyl sites for hydroxylation is 1. The number of halogens is 2. The summed E-state index contributed by atoms with van der Waals surface area (Å²) >= 11 is 11.9. The third-order valence-electron chi connectivity index (χ3n) is 2.60. The van der Waals surface area contributed by atoms with Crippen LogP contribution in [0.3, 0.4) is 0 Å². The molecule has 1 aromatic carbocycles. The van der Waals surface area contributed by atoms with E-state index in [-0.39, 0.29) is 5.56 Å². The first kappa shape index (κ1) is 12.4. The summed E-state index contributed by atoms with van der Waals surface area (Å²) in [6, 6.07) is 3.20. The molecule has 0 N–H and O–H groups in total.